The predicted octanol–water partition coefficient (Wildman–Crippen LogP) is 2.74. The van der Waals surface area contributed by atoms with Crippen molar-refractivity contribution in [2.75, 3.05) is 19.5 Å². The van der Waals surface area contributed by atoms with E-state index in [0.717, 1.165) is 10.3 Å². The number of hydrogen-bond acceptors (Lipinski definition) is 6. The Morgan fingerprint density at radius 2 is 2.30 bits per heavy atom. The number of aliphatic hydroxyl groups is 1. The quantitative estimate of drug-likeness (QED) is 0.819. The van der Waals surface area contributed by atoms with Gasteiger partial charge < -0.3 is 14.6 Å². The lowest BCUT2D eigenvalue weighted by Gasteiger charge is -2.06. The van der Waals surface area contributed by atoms with Crippen LogP contribution < -0.4 is 10.1 Å². The molecule has 2 aromatic rings. The molecular weight excluding hydrogens is 348 g/mol. The fraction of sp³-hybridized carbons (Fsp3) is 0.333. The van der Waals surface area contributed by atoms with Crippen LogP contribution in [0, 0.1) is 0 Å². The van der Waals surface area contributed by atoms with Gasteiger partial charge in [-0.25, -0.2) is 9.78 Å². The van der Waals surface area contributed by atoms with E-state index in [1.807, 2.05) is 6.07 Å². The Morgan fingerprint density at radius 3 is 2.90 bits per heavy atom. The van der Waals surface area contributed by atoms with Gasteiger partial charge in [0.1, 0.15) is 16.3 Å². The number of nitrogens with one attached hydrogen (secondary N) is 1. The minimum Gasteiger partial charge on any atom is -0.494 e. The van der Waals surface area contributed by atoms with E-state index in [-0.39, 0.29) is 0 Å². The number of alkyl halides is 1. The molecule has 0 fully saturated rings. The summed E-state index contributed by atoms with van der Waals surface area (Å²) in [6.07, 6.45) is -0.148. The van der Waals surface area contributed by atoms with Gasteiger partial charge in [0.25, 0.3) is 0 Å². The van der Waals surface area contributed by atoms with E-state index in [1.54, 1.807) is 13.2 Å². The maximum Gasteiger partial charge on any atom is 0.413 e. The van der Waals surface area contributed by atoms with Gasteiger partial charge in [-0.15, -0.1) is 0 Å². The van der Waals surface area contributed by atoms with E-state index in [2.05, 4.69) is 31.0 Å². The van der Waals surface area contributed by atoms with Crippen LogP contribution >= 0.6 is 27.3 Å². The van der Waals surface area contributed by atoms with Gasteiger partial charge >= 0.3 is 6.09 Å². The number of thiazole rings is 1. The summed E-state index contributed by atoms with van der Waals surface area (Å²) in [5, 5.41) is 11.8. The highest BCUT2D eigenvalue weighted by Gasteiger charge is 2.15. The first-order chi connectivity index (χ1) is 9.55. The summed E-state index contributed by atoms with van der Waals surface area (Å²) >= 11 is 4.41. The Balaban J connectivity index is 2.47. The standard InChI is InChI=1S/C12H13BrN2O4S/c1-18-7-4-3-6(5-8(13)16)10-9(7)14-11(20-10)15-12(17)19-2/h3-4,8,16H,5H2,1-2H3,(H,14,15,17). The molecule has 2 rings (SSSR count). The number of aromatic nitrogens is 1. The number of carbonyl (C=O) groups excluding carboxylic acids is 1. The van der Waals surface area contributed by atoms with Crippen molar-refractivity contribution in [3.63, 3.8) is 0 Å². The second-order valence-corrected chi connectivity index (χ2v) is 5.93. The lowest BCUT2D eigenvalue weighted by atomic mass is 10.1. The third-order valence-electron chi connectivity index (χ3n) is 2.59. The zero-order chi connectivity index (χ0) is 14.7. The van der Waals surface area contributed by atoms with E-state index in [9.17, 15) is 9.90 Å². The van der Waals surface area contributed by atoms with Gasteiger partial charge in [0.15, 0.2) is 5.13 Å². The van der Waals surface area contributed by atoms with Gasteiger partial charge in [-0.1, -0.05) is 33.3 Å². The zero-order valence-electron chi connectivity index (χ0n) is 10.8. The topological polar surface area (TPSA) is 80.7 Å². The lowest BCUT2D eigenvalue weighted by molar-refractivity contribution is 0.187. The highest BCUT2D eigenvalue weighted by Crippen LogP contribution is 2.35. The van der Waals surface area contributed by atoms with Crippen LogP contribution in [0.15, 0.2) is 12.1 Å². The number of halogens is 1. The third kappa shape index (κ3) is 3.20. The molecule has 0 bridgehead atoms. The van der Waals surface area contributed by atoms with Crippen LogP contribution in [0.1, 0.15) is 5.56 Å². The highest BCUT2D eigenvalue weighted by atomic mass is 79.9. The normalized spacial score (nSPS) is 12.2. The number of fused-ring (bicyclic) bond motifs is 1. The summed E-state index contributed by atoms with van der Waals surface area (Å²) in [7, 11) is 2.84. The SMILES string of the molecule is COC(=O)Nc1nc2c(OC)ccc(CC(O)Br)c2s1. The number of nitrogens with zero attached hydrogens (tertiary/aromatic N) is 1. The van der Waals surface area contributed by atoms with E-state index < -0.39 is 11.1 Å². The van der Waals surface area contributed by atoms with E-state index in [1.165, 1.54) is 18.4 Å². The van der Waals surface area contributed by atoms with Crippen LogP contribution in [-0.2, 0) is 11.2 Å². The van der Waals surface area contributed by atoms with E-state index >= 15 is 0 Å². The molecule has 1 aromatic heterocycles. The number of aliphatic hydroxyl groups excluding tert-OH is 1. The zero-order valence-corrected chi connectivity index (χ0v) is 13.2. The molecule has 0 saturated heterocycles. The molecule has 8 heteroatoms. The molecule has 1 unspecified atom stereocenters. The Kier molecular flexibility index (Phi) is 4.79. The summed E-state index contributed by atoms with van der Waals surface area (Å²) < 4.78 is 10.7. The van der Waals surface area contributed by atoms with Gasteiger partial charge in [0.05, 0.1) is 18.9 Å². The van der Waals surface area contributed by atoms with Crippen molar-refractivity contribution in [2.45, 2.75) is 11.4 Å². The van der Waals surface area contributed by atoms with E-state index in [4.69, 9.17) is 4.74 Å². The molecule has 0 radical (unpaired) electrons. The summed E-state index contributed by atoms with van der Waals surface area (Å²) in [6.45, 7) is 0. The number of methoxy groups -OCH3 is 2. The van der Waals surface area contributed by atoms with Crippen LogP contribution in [-0.4, -0.2) is 35.4 Å². The van der Waals surface area contributed by atoms with Crippen LogP contribution in [0.4, 0.5) is 9.93 Å². The lowest BCUT2D eigenvalue weighted by Crippen LogP contribution is -2.10. The Bertz CT molecular complexity index is 629. The fourth-order valence-electron chi connectivity index (χ4n) is 1.73. The molecule has 0 aliphatic rings. The van der Waals surface area contributed by atoms with Gasteiger partial charge in [-0.2, -0.15) is 0 Å². The molecule has 1 atom stereocenters. The van der Waals surface area contributed by atoms with Crippen molar-refractivity contribution in [2.24, 2.45) is 0 Å². The molecular formula is C12H13BrN2O4S. The van der Waals surface area contributed by atoms with Gasteiger partial charge in [-0.05, 0) is 11.6 Å². The van der Waals surface area contributed by atoms with Crippen LogP contribution in [0.5, 0.6) is 5.75 Å². The number of anilines is 1. The summed E-state index contributed by atoms with van der Waals surface area (Å²) in [4.78, 5) is 15.6. The number of amides is 1. The molecule has 0 aliphatic heterocycles. The van der Waals surface area contributed by atoms with Gasteiger partial charge in [0, 0.05) is 6.42 Å². The van der Waals surface area contributed by atoms with Crippen LogP contribution in [0.2, 0.25) is 0 Å². The Morgan fingerprint density at radius 1 is 1.55 bits per heavy atom. The second-order valence-electron chi connectivity index (χ2n) is 3.88. The van der Waals surface area contributed by atoms with Crippen molar-refractivity contribution in [3.05, 3.63) is 17.7 Å². The number of benzene rings is 1. The molecule has 0 saturated carbocycles. The molecule has 1 heterocycles. The number of carbonyl (C=O) groups is 1. The molecule has 2 N–H and O–H groups in total. The average molecular weight is 361 g/mol. The van der Waals surface area contributed by atoms with Crippen molar-refractivity contribution in [1.29, 1.82) is 0 Å². The highest BCUT2D eigenvalue weighted by molar-refractivity contribution is 9.09. The van der Waals surface area contributed by atoms with Gasteiger partial charge in [0.2, 0.25) is 0 Å². The number of ether oxygens (including phenoxy) is 2. The number of rotatable bonds is 4. The first-order valence-electron chi connectivity index (χ1n) is 5.68. The Hall–Kier alpha value is -1.38. The minimum atomic E-state index is -0.641. The van der Waals surface area contributed by atoms with Crippen molar-refractivity contribution in [3.8, 4) is 5.75 Å². The van der Waals surface area contributed by atoms with Crippen molar-refractivity contribution < 1.29 is 19.4 Å². The summed E-state index contributed by atoms with van der Waals surface area (Å²) in [5.74, 6) is 0.613. The largest absolute Gasteiger partial charge is 0.494 e. The van der Waals surface area contributed by atoms with Gasteiger partial charge in [-0.3, -0.25) is 5.32 Å². The van der Waals surface area contributed by atoms with Crippen molar-refractivity contribution in [1.82, 2.24) is 4.98 Å². The van der Waals surface area contributed by atoms with Crippen molar-refractivity contribution >= 4 is 48.7 Å². The first kappa shape index (κ1) is 15.0. The number of hydrogen-bond donors (Lipinski definition) is 2. The smallest absolute Gasteiger partial charge is 0.413 e. The summed E-state index contributed by atoms with van der Waals surface area (Å²) in [6, 6.07) is 3.65. The predicted molar refractivity (Wildman–Crippen MR) is 80.8 cm³/mol. The first-order valence-corrected chi connectivity index (χ1v) is 7.42. The fourth-order valence-corrected chi connectivity index (χ4v) is 3.07. The maximum absolute atomic E-state index is 11.2. The average Bonchev–Trinajstić information content (AvgIpc) is 2.82. The molecule has 1 amide bonds. The molecule has 108 valence electrons. The van der Waals surface area contributed by atoms with Crippen LogP contribution in [0.25, 0.3) is 10.2 Å². The molecule has 6 nitrogen and oxygen atoms in total. The Labute approximate surface area is 127 Å². The second kappa shape index (κ2) is 6.38. The van der Waals surface area contributed by atoms with Crippen LogP contribution in [0.3, 0.4) is 0 Å². The maximum atomic E-state index is 11.2. The minimum absolute atomic E-state index is 0.418. The van der Waals surface area contributed by atoms with E-state index in [0.29, 0.717) is 22.8 Å². The molecule has 0 aliphatic carbocycles. The molecule has 1 aromatic carbocycles. The summed E-state index contributed by atoms with van der Waals surface area (Å²) in [5.41, 5.74) is 1.56. The molecule has 0 spiro atoms. The monoisotopic (exact) mass is 360 g/mol. The molecule has 20 heavy (non-hydrogen) atoms. The third-order valence-corrected chi connectivity index (χ3v) is 3.96.